The number of aromatic nitrogens is 3. The number of rotatable bonds is 7. The number of ether oxygens (including phenoxy) is 2. The summed E-state index contributed by atoms with van der Waals surface area (Å²) in [6.45, 7) is 0. The van der Waals surface area contributed by atoms with Crippen LogP contribution in [-0.2, 0) is 6.42 Å². The molecule has 134 valence electrons. The third-order valence-electron chi connectivity index (χ3n) is 3.49. The molecule has 0 atom stereocenters. The Hall–Kier alpha value is -3.20. The fourth-order valence-corrected chi connectivity index (χ4v) is 2.82. The number of hydrogen-bond donors (Lipinski definition) is 2. The van der Waals surface area contributed by atoms with Gasteiger partial charge < -0.3 is 9.47 Å². The largest absolute Gasteiger partial charge is 0.493 e. The number of hydrogen-bond acceptors (Lipinski definition) is 8. The molecular weight excluding hydrogens is 354 g/mol. The fourth-order valence-electron chi connectivity index (χ4n) is 2.23. The van der Waals surface area contributed by atoms with E-state index in [0.29, 0.717) is 23.6 Å². The number of hydrazone groups is 1. The molecule has 0 radical (unpaired) electrons. The predicted molar refractivity (Wildman–Crippen MR) is 101 cm³/mol. The number of benzene rings is 1. The minimum absolute atomic E-state index is 0.180. The van der Waals surface area contributed by atoms with Gasteiger partial charge in [0.05, 0.1) is 20.4 Å². The van der Waals surface area contributed by atoms with Gasteiger partial charge in [-0.3, -0.25) is 9.78 Å². The van der Waals surface area contributed by atoms with Crippen LogP contribution in [0.3, 0.4) is 0 Å². The van der Waals surface area contributed by atoms with Gasteiger partial charge in [-0.05, 0) is 29.1 Å². The highest BCUT2D eigenvalue weighted by atomic mass is 32.1. The van der Waals surface area contributed by atoms with E-state index in [1.165, 1.54) is 0 Å². The van der Waals surface area contributed by atoms with Gasteiger partial charge in [0.2, 0.25) is 5.95 Å². The number of methoxy groups -OCH3 is 2. The highest BCUT2D eigenvalue weighted by molar-refractivity contribution is 7.11. The molecule has 0 spiro atoms. The first kappa shape index (κ1) is 17.6. The Labute approximate surface area is 153 Å². The van der Waals surface area contributed by atoms with Crippen molar-refractivity contribution < 1.29 is 9.47 Å². The number of nitrogens with zero attached hydrogens (tertiary/aromatic N) is 3. The van der Waals surface area contributed by atoms with Crippen LogP contribution in [0.15, 0.2) is 45.6 Å². The molecule has 2 N–H and O–H groups in total. The Bertz CT molecular complexity index is 953. The summed E-state index contributed by atoms with van der Waals surface area (Å²) in [5, 5.41) is 13.9. The van der Waals surface area contributed by atoms with Crippen LogP contribution >= 0.6 is 11.3 Å². The summed E-state index contributed by atoms with van der Waals surface area (Å²) in [6, 6.07) is 9.29. The molecule has 2 aromatic heterocycles. The highest BCUT2D eigenvalue weighted by Gasteiger charge is 2.09. The molecule has 8 nitrogen and oxygen atoms in total. The number of anilines is 1. The lowest BCUT2D eigenvalue weighted by molar-refractivity contribution is 0.354. The van der Waals surface area contributed by atoms with Crippen LogP contribution in [0.4, 0.5) is 5.95 Å². The van der Waals surface area contributed by atoms with Crippen LogP contribution in [0.25, 0.3) is 0 Å². The molecule has 0 unspecified atom stereocenters. The van der Waals surface area contributed by atoms with Crippen molar-refractivity contribution >= 4 is 23.5 Å². The average molecular weight is 371 g/mol. The van der Waals surface area contributed by atoms with Gasteiger partial charge in [-0.15, -0.1) is 21.5 Å². The molecule has 0 saturated heterocycles. The maximum atomic E-state index is 12.2. The summed E-state index contributed by atoms with van der Waals surface area (Å²) >= 11 is 1.55. The summed E-state index contributed by atoms with van der Waals surface area (Å²) in [4.78, 5) is 15.8. The minimum atomic E-state index is -0.330. The zero-order valence-electron chi connectivity index (χ0n) is 14.2. The van der Waals surface area contributed by atoms with E-state index in [4.69, 9.17) is 9.47 Å². The van der Waals surface area contributed by atoms with Crippen LogP contribution in [0, 0.1) is 0 Å². The molecule has 0 bridgehead atoms. The van der Waals surface area contributed by atoms with Crippen molar-refractivity contribution in [3.8, 4) is 11.5 Å². The monoisotopic (exact) mass is 371 g/mol. The van der Waals surface area contributed by atoms with Crippen molar-refractivity contribution in [2.45, 2.75) is 6.42 Å². The molecule has 1 aromatic carbocycles. The lowest BCUT2D eigenvalue weighted by Gasteiger charge is -2.09. The van der Waals surface area contributed by atoms with E-state index in [9.17, 15) is 4.79 Å². The standard InChI is InChI=1S/C17H17N5O3S/c1-24-14-6-5-11(9-15(14)25-2)8-13-16(23)19-17(22-20-13)21-18-10-12-4-3-7-26-12/h3-7,9-10H,8H2,1-2H3,(H2,19,21,22,23). The maximum absolute atomic E-state index is 12.2. The predicted octanol–water partition coefficient (Wildman–Crippen LogP) is 2.28. The van der Waals surface area contributed by atoms with Gasteiger partial charge in [-0.2, -0.15) is 5.10 Å². The quantitative estimate of drug-likeness (QED) is 0.488. The van der Waals surface area contributed by atoms with Gasteiger partial charge in [0.15, 0.2) is 11.5 Å². The van der Waals surface area contributed by atoms with Crippen LogP contribution in [0.5, 0.6) is 11.5 Å². The molecule has 0 aliphatic rings. The number of aromatic amines is 1. The second-order valence-corrected chi connectivity index (χ2v) is 6.18. The molecule has 0 fully saturated rings. The Morgan fingerprint density at radius 1 is 1.23 bits per heavy atom. The second-order valence-electron chi connectivity index (χ2n) is 5.20. The lowest BCUT2D eigenvalue weighted by Crippen LogP contribution is -2.18. The molecule has 2 heterocycles. The summed E-state index contributed by atoms with van der Waals surface area (Å²) in [5.74, 6) is 1.40. The van der Waals surface area contributed by atoms with Crippen LogP contribution < -0.4 is 20.5 Å². The molecule has 3 rings (SSSR count). The van der Waals surface area contributed by atoms with Crippen LogP contribution in [-0.4, -0.2) is 35.6 Å². The summed E-state index contributed by atoms with van der Waals surface area (Å²) in [5.41, 5.74) is 3.48. The van der Waals surface area contributed by atoms with Gasteiger partial charge >= 0.3 is 0 Å². The summed E-state index contributed by atoms with van der Waals surface area (Å²) in [7, 11) is 3.13. The zero-order valence-corrected chi connectivity index (χ0v) is 15.0. The molecule has 26 heavy (non-hydrogen) atoms. The molecule has 0 amide bonds. The van der Waals surface area contributed by atoms with E-state index in [-0.39, 0.29) is 11.5 Å². The van der Waals surface area contributed by atoms with E-state index >= 15 is 0 Å². The lowest BCUT2D eigenvalue weighted by atomic mass is 10.1. The summed E-state index contributed by atoms with van der Waals surface area (Å²) in [6.07, 6.45) is 1.96. The van der Waals surface area contributed by atoms with Crippen molar-refractivity contribution in [2.24, 2.45) is 5.10 Å². The van der Waals surface area contributed by atoms with Crippen molar-refractivity contribution in [3.63, 3.8) is 0 Å². The van der Waals surface area contributed by atoms with E-state index in [1.807, 2.05) is 23.6 Å². The van der Waals surface area contributed by atoms with Crippen molar-refractivity contribution in [1.82, 2.24) is 15.2 Å². The molecule has 0 saturated carbocycles. The zero-order chi connectivity index (χ0) is 18.4. The second kappa shape index (κ2) is 8.26. The SMILES string of the molecule is COc1ccc(Cc2nnc(NN=Cc3cccs3)[nH]c2=O)cc1OC. The van der Waals surface area contributed by atoms with Gasteiger partial charge in [0.25, 0.3) is 5.56 Å². The van der Waals surface area contributed by atoms with E-state index in [1.54, 1.807) is 43.9 Å². The van der Waals surface area contributed by atoms with Crippen molar-refractivity contribution in [2.75, 3.05) is 19.6 Å². The van der Waals surface area contributed by atoms with Crippen LogP contribution in [0.2, 0.25) is 0 Å². The number of nitrogens with one attached hydrogen (secondary N) is 2. The van der Waals surface area contributed by atoms with Gasteiger partial charge in [-0.25, -0.2) is 5.43 Å². The topological polar surface area (TPSA) is 101 Å². The minimum Gasteiger partial charge on any atom is -0.493 e. The number of H-pyrrole nitrogens is 1. The van der Waals surface area contributed by atoms with E-state index < -0.39 is 0 Å². The number of thiophene rings is 1. The first-order chi connectivity index (χ1) is 12.7. The first-order valence-electron chi connectivity index (χ1n) is 7.69. The fraction of sp³-hybridized carbons (Fsp3) is 0.176. The van der Waals surface area contributed by atoms with E-state index in [0.717, 1.165) is 10.4 Å². The Balaban J connectivity index is 1.70. The Morgan fingerprint density at radius 3 is 2.77 bits per heavy atom. The van der Waals surface area contributed by atoms with Gasteiger partial charge in [-0.1, -0.05) is 12.1 Å². The molecule has 0 aliphatic heterocycles. The Morgan fingerprint density at radius 2 is 2.08 bits per heavy atom. The Kier molecular flexibility index (Phi) is 5.59. The molecule has 9 heteroatoms. The highest BCUT2D eigenvalue weighted by Crippen LogP contribution is 2.28. The molecule has 3 aromatic rings. The smallest absolute Gasteiger partial charge is 0.274 e. The van der Waals surface area contributed by atoms with Crippen molar-refractivity contribution in [1.29, 1.82) is 0 Å². The van der Waals surface area contributed by atoms with Crippen LogP contribution in [0.1, 0.15) is 16.1 Å². The summed E-state index contributed by atoms with van der Waals surface area (Å²) < 4.78 is 10.5. The normalized spacial score (nSPS) is 10.8. The third-order valence-corrected chi connectivity index (χ3v) is 4.30. The van der Waals surface area contributed by atoms with Crippen molar-refractivity contribution in [3.05, 3.63) is 62.2 Å². The van der Waals surface area contributed by atoms with Gasteiger partial charge in [0.1, 0.15) is 5.69 Å². The molecule has 0 aliphatic carbocycles. The first-order valence-corrected chi connectivity index (χ1v) is 8.57. The average Bonchev–Trinajstić information content (AvgIpc) is 3.17. The van der Waals surface area contributed by atoms with E-state index in [2.05, 4.69) is 25.7 Å². The molecular formula is C17H17N5O3S. The maximum Gasteiger partial charge on any atom is 0.274 e. The van der Waals surface area contributed by atoms with Gasteiger partial charge in [0, 0.05) is 11.3 Å². The third kappa shape index (κ3) is 4.25.